The molecule has 0 atom stereocenters. The fourth-order valence-electron chi connectivity index (χ4n) is 2.69. The van der Waals surface area contributed by atoms with Gasteiger partial charge in [-0.05, 0) is 35.9 Å². The lowest BCUT2D eigenvalue weighted by molar-refractivity contribution is -0.286. The van der Waals surface area contributed by atoms with Gasteiger partial charge in [-0.15, -0.1) is 8.78 Å². The van der Waals surface area contributed by atoms with E-state index in [0.717, 1.165) is 5.56 Å². The van der Waals surface area contributed by atoms with E-state index in [1.807, 2.05) is 0 Å². The van der Waals surface area contributed by atoms with Crippen LogP contribution >= 0.6 is 11.6 Å². The molecule has 1 N–H and O–H groups in total. The van der Waals surface area contributed by atoms with Crippen LogP contribution in [-0.4, -0.2) is 11.3 Å². The second-order valence-electron chi connectivity index (χ2n) is 5.86. The molecule has 0 radical (unpaired) electrons. The molecular weight excluding hydrogens is 381 g/mol. The van der Waals surface area contributed by atoms with Gasteiger partial charge in [-0.3, -0.25) is 0 Å². The molecule has 0 spiro atoms. The maximum absolute atomic E-state index is 13.2. The van der Waals surface area contributed by atoms with E-state index < -0.39 is 6.29 Å². The first-order chi connectivity index (χ1) is 12.9. The quantitative estimate of drug-likeness (QED) is 0.639. The number of aromatic nitrogens is 1. The Morgan fingerprint density at radius 1 is 1.04 bits per heavy atom. The Balaban J connectivity index is 1.51. The molecule has 0 fully saturated rings. The Bertz CT molecular complexity index is 997. The molecule has 3 aromatic rings. The number of hydrogen-bond acceptors (Lipinski definition) is 4. The normalized spacial score (nSPS) is 14.2. The number of anilines is 1. The number of nitrogens with one attached hydrogen (secondary N) is 1. The van der Waals surface area contributed by atoms with Crippen LogP contribution in [-0.2, 0) is 6.54 Å². The summed E-state index contributed by atoms with van der Waals surface area (Å²) in [5.41, 5.74) is 1.89. The zero-order chi connectivity index (χ0) is 19.0. The summed E-state index contributed by atoms with van der Waals surface area (Å²) < 4.78 is 48.4. The monoisotopic (exact) mass is 392 g/mol. The van der Waals surface area contributed by atoms with E-state index in [0.29, 0.717) is 23.5 Å². The van der Waals surface area contributed by atoms with Crippen LogP contribution in [0.25, 0.3) is 11.1 Å². The highest BCUT2D eigenvalue weighted by molar-refractivity contribution is 6.33. The molecule has 0 bridgehead atoms. The van der Waals surface area contributed by atoms with Crippen molar-refractivity contribution in [2.45, 2.75) is 12.8 Å². The number of rotatable bonds is 4. The van der Waals surface area contributed by atoms with E-state index in [1.165, 1.54) is 24.3 Å². The van der Waals surface area contributed by atoms with Crippen molar-refractivity contribution >= 4 is 17.4 Å². The summed E-state index contributed by atoms with van der Waals surface area (Å²) in [5.74, 6) is 0.0647. The smallest absolute Gasteiger partial charge is 0.395 e. The minimum absolute atomic E-state index is 0.0901. The first-order valence-electron chi connectivity index (χ1n) is 7.94. The van der Waals surface area contributed by atoms with Gasteiger partial charge in [0.05, 0.1) is 5.02 Å². The summed E-state index contributed by atoms with van der Waals surface area (Å²) in [7, 11) is 0. The number of halogens is 4. The van der Waals surface area contributed by atoms with Crippen LogP contribution in [0, 0.1) is 5.82 Å². The van der Waals surface area contributed by atoms with Crippen molar-refractivity contribution in [1.29, 1.82) is 0 Å². The first kappa shape index (κ1) is 17.5. The average molecular weight is 393 g/mol. The fourth-order valence-corrected chi connectivity index (χ4v) is 2.95. The van der Waals surface area contributed by atoms with Crippen molar-refractivity contribution in [3.63, 3.8) is 0 Å². The topological polar surface area (TPSA) is 43.4 Å². The van der Waals surface area contributed by atoms with E-state index in [-0.39, 0.29) is 22.3 Å². The molecular formula is C19H12ClF3N2O2. The predicted molar refractivity (Wildman–Crippen MR) is 94.6 cm³/mol. The fraction of sp³-hybridized carbons (Fsp3) is 0.105. The van der Waals surface area contributed by atoms with Crippen LogP contribution in [0.15, 0.2) is 54.7 Å². The molecule has 0 aliphatic carbocycles. The number of alkyl halides is 2. The third kappa shape index (κ3) is 3.78. The summed E-state index contributed by atoms with van der Waals surface area (Å²) in [6.45, 7) is 0.407. The van der Waals surface area contributed by atoms with Gasteiger partial charge >= 0.3 is 6.29 Å². The highest BCUT2D eigenvalue weighted by Gasteiger charge is 2.43. The number of hydrogen-bond donors (Lipinski definition) is 1. The molecule has 0 saturated carbocycles. The molecule has 0 unspecified atom stereocenters. The maximum atomic E-state index is 13.2. The molecule has 27 heavy (non-hydrogen) atoms. The highest BCUT2D eigenvalue weighted by atomic mass is 35.5. The van der Waals surface area contributed by atoms with Crippen LogP contribution < -0.4 is 14.8 Å². The maximum Gasteiger partial charge on any atom is 0.586 e. The van der Waals surface area contributed by atoms with Crippen molar-refractivity contribution in [2.24, 2.45) is 0 Å². The van der Waals surface area contributed by atoms with Crippen molar-refractivity contribution in [3.8, 4) is 22.6 Å². The van der Waals surface area contributed by atoms with E-state index in [4.69, 9.17) is 11.6 Å². The third-order valence-corrected chi connectivity index (χ3v) is 4.24. The van der Waals surface area contributed by atoms with E-state index in [2.05, 4.69) is 19.8 Å². The SMILES string of the molecule is Fc1cccc(CNc2ccc(-c3cc4c(cc3Cl)OC(F)(F)O4)cn2)c1. The van der Waals surface area contributed by atoms with Gasteiger partial charge in [0, 0.05) is 29.9 Å². The van der Waals surface area contributed by atoms with E-state index in [9.17, 15) is 13.2 Å². The molecule has 0 amide bonds. The van der Waals surface area contributed by atoms with Crippen molar-refractivity contribution in [2.75, 3.05) is 5.32 Å². The molecule has 0 saturated heterocycles. The Labute approximate surface area is 157 Å². The van der Waals surface area contributed by atoms with Gasteiger partial charge in [0.2, 0.25) is 0 Å². The Kier molecular flexibility index (Phi) is 4.31. The molecule has 1 aromatic heterocycles. The number of pyridine rings is 1. The van der Waals surface area contributed by atoms with Crippen molar-refractivity contribution in [3.05, 3.63) is 71.1 Å². The number of fused-ring (bicyclic) bond motifs is 1. The summed E-state index contributed by atoms with van der Waals surface area (Å²) in [4.78, 5) is 4.27. The first-order valence-corrected chi connectivity index (χ1v) is 8.31. The van der Waals surface area contributed by atoms with Gasteiger partial charge in [-0.2, -0.15) is 0 Å². The van der Waals surface area contributed by atoms with E-state index >= 15 is 0 Å². The number of ether oxygens (including phenoxy) is 2. The van der Waals surface area contributed by atoms with Crippen molar-refractivity contribution < 1.29 is 22.6 Å². The summed E-state index contributed by atoms with van der Waals surface area (Å²) in [6.07, 6.45) is -2.15. The zero-order valence-corrected chi connectivity index (χ0v) is 14.4. The second kappa shape index (κ2) is 6.66. The Morgan fingerprint density at radius 3 is 2.52 bits per heavy atom. The molecule has 2 heterocycles. The van der Waals surface area contributed by atoms with Crippen LogP contribution in [0.1, 0.15) is 5.56 Å². The molecule has 1 aliphatic heterocycles. The van der Waals surface area contributed by atoms with Gasteiger partial charge in [-0.1, -0.05) is 23.7 Å². The third-order valence-electron chi connectivity index (χ3n) is 3.93. The van der Waals surface area contributed by atoms with Crippen LogP contribution in [0.3, 0.4) is 0 Å². The minimum atomic E-state index is -3.70. The lowest BCUT2D eigenvalue weighted by atomic mass is 10.1. The number of nitrogens with zero attached hydrogens (tertiary/aromatic N) is 1. The molecule has 2 aromatic carbocycles. The Hall–Kier alpha value is -2.93. The number of benzene rings is 2. The van der Waals surface area contributed by atoms with Gasteiger partial charge < -0.3 is 14.8 Å². The standard InChI is InChI=1S/C19H12ClF3N2O2/c20-15-8-17-16(26-19(22,23)27-17)7-14(15)12-4-5-18(25-10-12)24-9-11-2-1-3-13(21)6-11/h1-8,10H,9H2,(H,24,25). The van der Waals surface area contributed by atoms with Crippen molar-refractivity contribution in [1.82, 2.24) is 4.98 Å². The second-order valence-corrected chi connectivity index (χ2v) is 6.27. The van der Waals surface area contributed by atoms with Gasteiger partial charge in [-0.25, -0.2) is 9.37 Å². The molecule has 8 heteroatoms. The molecule has 4 nitrogen and oxygen atoms in total. The Morgan fingerprint density at radius 2 is 1.81 bits per heavy atom. The molecule has 1 aliphatic rings. The summed E-state index contributed by atoms with van der Waals surface area (Å²) >= 11 is 6.17. The van der Waals surface area contributed by atoms with Crippen LogP contribution in [0.2, 0.25) is 5.02 Å². The van der Waals surface area contributed by atoms with Gasteiger partial charge in [0.1, 0.15) is 11.6 Å². The largest absolute Gasteiger partial charge is 0.586 e. The zero-order valence-electron chi connectivity index (χ0n) is 13.7. The lowest BCUT2D eigenvalue weighted by Gasteiger charge is -2.09. The average Bonchev–Trinajstić information content (AvgIpc) is 2.92. The highest BCUT2D eigenvalue weighted by Crippen LogP contribution is 2.45. The summed E-state index contributed by atoms with van der Waals surface area (Å²) in [6, 6.07) is 12.4. The molecule has 138 valence electrons. The van der Waals surface area contributed by atoms with Crippen LogP contribution in [0.5, 0.6) is 11.5 Å². The van der Waals surface area contributed by atoms with Crippen LogP contribution in [0.4, 0.5) is 19.0 Å². The lowest BCUT2D eigenvalue weighted by Crippen LogP contribution is -2.25. The predicted octanol–water partition coefficient (Wildman–Crippen LogP) is 5.47. The minimum Gasteiger partial charge on any atom is -0.395 e. The summed E-state index contributed by atoms with van der Waals surface area (Å²) in [5, 5.41) is 3.31. The van der Waals surface area contributed by atoms with Gasteiger partial charge in [0.25, 0.3) is 0 Å². The molecule has 4 rings (SSSR count). The van der Waals surface area contributed by atoms with E-state index in [1.54, 1.807) is 30.5 Å². The van der Waals surface area contributed by atoms with Gasteiger partial charge in [0.15, 0.2) is 11.5 Å².